The monoisotopic (exact) mass is 315 g/mol. The summed E-state index contributed by atoms with van der Waals surface area (Å²) in [5.74, 6) is -0.950. The van der Waals surface area contributed by atoms with Gasteiger partial charge in [-0.15, -0.1) is 0 Å². The molecule has 21 heavy (non-hydrogen) atoms. The van der Waals surface area contributed by atoms with Crippen molar-refractivity contribution in [3.63, 3.8) is 0 Å². The van der Waals surface area contributed by atoms with E-state index in [0.29, 0.717) is 22.8 Å². The van der Waals surface area contributed by atoms with E-state index in [1.165, 1.54) is 6.92 Å². The number of nitrogens with zero attached hydrogens (tertiary/aromatic N) is 2. The molecule has 2 aromatic rings. The number of halogens is 4. The third-order valence-corrected chi connectivity index (χ3v) is 3.27. The molecule has 0 aliphatic rings. The molecule has 2 rings (SSSR count). The van der Waals surface area contributed by atoms with E-state index >= 15 is 0 Å². The Hall–Kier alpha value is -1.82. The van der Waals surface area contributed by atoms with Gasteiger partial charge in [0.1, 0.15) is 5.82 Å². The van der Waals surface area contributed by atoms with Crippen molar-refractivity contribution < 1.29 is 13.2 Å². The highest BCUT2D eigenvalue weighted by Gasteiger charge is 2.35. The van der Waals surface area contributed by atoms with E-state index in [4.69, 9.17) is 11.6 Å². The Morgan fingerprint density at radius 3 is 2.29 bits per heavy atom. The average molecular weight is 316 g/mol. The lowest BCUT2D eigenvalue weighted by Gasteiger charge is -2.13. The van der Waals surface area contributed by atoms with Gasteiger partial charge in [0.2, 0.25) is 5.82 Å². The first-order valence-electron chi connectivity index (χ1n) is 6.18. The van der Waals surface area contributed by atoms with E-state index in [9.17, 15) is 13.2 Å². The van der Waals surface area contributed by atoms with Gasteiger partial charge in [0.15, 0.2) is 0 Å². The summed E-state index contributed by atoms with van der Waals surface area (Å²) in [5, 5.41) is 3.51. The minimum absolute atomic E-state index is 0.185. The van der Waals surface area contributed by atoms with Crippen LogP contribution >= 0.6 is 11.6 Å². The third-order valence-electron chi connectivity index (χ3n) is 3.02. The fourth-order valence-corrected chi connectivity index (χ4v) is 1.84. The Morgan fingerprint density at radius 2 is 1.71 bits per heavy atom. The maximum absolute atomic E-state index is 12.7. The molecule has 1 heterocycles. The maximum atomic E-state index is 12.7. The Bertz CT molecular complexity index is 639. The summed E-state index contributed by atoms with van der Waals surface area (Å²) >= 11 is 5.78. The first-order chi connectivity index (χ1) is 9.77. The Morgan fingerprint density at radius 1 is 1.10 bits per heavy atom. The van der Waals surface area contributed by atoms with Gasteiger partial charge in [0.05, 0.1) is 0 Å². The summed E-state index contributed by atoms with van der Waals surface area (Å²) in [5.41, 5.74) is 1.79. The van der Waals surface area contributed by atoms with Gasteiger partial charge < -0.3 is 5.32 Å². The minimum Gasteiger partial charge on any atom is -0.366 e. The molecule has 7 heteroatoms. The molecule has 0 spiro atoms. The smallest absolute Gasteiger partial charge is 0.366 e. The normalized spacial score (nSPS) is 11.5. The van der Waals surface area contributed by atoms with E-state index < -0.39 is 12.0 Å². The van der Waals surface area contributed by atoms with Crippen LogP contribution in [0.3, 0.4) is 0 Å². The van der Waals surface area contributed by atoms with Crippen LogP contribution in [-0.2, 0) is 12.7 Å². The van der Waals surface area contributed by atoms with Crippen LogP contribution in [0.15, 0.2) is 24.3 Å². The van der Waals surface area contributed by atoms with Crippen LogP contribution in [0.5, 0.6) is 0 Å². The summed E-state index contributed by atoms with van der Waals surface area (Å²) in [6.45, 7) is 3.56. The van der Waals surface area contributed by atoms with Crippen LogP contribution in [0, 0.1) is 13.8 Å². The summed E-state index contributed by atoms with van der Waals surface area (Å²) in [6.07, 6.45) is -4.56. The Labute approximate surface area is 125 Å². The molecule has 0 atom stereocenters. The second-order valence-corrected chi connectivity index (χ2v) is 5.02. The van der Waals surface area contributed by atoms with Gasteiger partial charge in [-0.3, -0.25) is 0 Å². The molecule has 0 bridgehead atoms. The number of alkyl halides is 3. The van der Waals surface area contributed by atoms with Crippen LogP contribution in [-0.4, -0.2) is 9.97 Å². The van der Waals surface area contributed by atoms with Gasteiger partial charge >= 0.3 is 6.18 Å². The summed E-state index contributed by atoms with van der Waals surface area (Å²) in [6, 6.07) is 7.03. The van der Waals surface area contributed by atoms with Crippen molar-refractivity contribution >= 4 is 17.4 Å². The predicted octanol–water partition coefficient (Wildman–Crippen LogP) is 4.38. The predicted molar refractivity (Wildman–Crippen MR) is 75.3 cm³/mol. The van der Waals surface area contributed by atoms with E-state index in [0.717, 1.165) is 5.56 Å². The van der Waals surface area contributed by atoms with E-state index in [1.807, 2.05) is 0 Å². The van der Waals surface area contributed by atoms with Gasteiger partial charge in [-0.1, -0.05) is 23.7 Å². The van der Waals surface area contributed by atoms with E-state index in [2.05, 4.69) is 15.3 Å². The molecule has 112 valence electrons. The van der Waals surface area contributed by atoms with E-state index in [1.54, 1.807) is 31.2 Å². The number of hydrogen-bond acceptors (Lipinski definition) is 3. The standard InChI is InChI=1S/C14H13ClF3N3/c1-8-9(2)20-13(14(16,17)18)21-12(8)19-7-10-3-5-11(15)6-4-10/h3-6H,7H2,1-2H3,(H,19,20,21). The topological polar surface area (TPSA) is 37.8 Å². The summed E-state index contributed by atoms with van der Waals surface area (Å²) in [7, 11) is 0. The number of hydrogen-bond donors (Lipinski definition) is 1. The number of nitrogens with one attached hydrogen (secondary N) is 1. The summed E-state index contributed by atoms with van der Waals surface area (Å²) in [4.78, 5) is 7.04. The van der Waals surface area contributed by atoms with Gasteiger partial charge in [0.25, 0.3) is 0 Å². The van der Waals surface area contributed by atoms with Gasteiger partial charge in [-0.2, -0.15) is 13.2 Å². The zero-order valence-electron chi connectivity index (χ0n) is 11.4. The van der Waals surface area contributed by atoms with Crippen molar-refractivity contribution in [1.29, 1.82) is 0 Å². The van der Waals surface area contributed by atoms with Gasteiger partial charge in [-0.25, -0.2) is 9.97 Å². The van der Waals surface area contributed by atoms with Crippen molar-refractivity contribution in [3.8, 4) is 0 Å². The molecule has 1 aromatic carbocycles. The number of rotatable bonds is 3. The molecule has 0 saturated heterocycles. The van der Waals surface area contributed by atoms with E-state index in [-0.39, 0.29) is 5.82 Å². The first-order valence-corrected chi connectivity index (χ1v) is 6.56. The highest BCUT2D eigenvalue weighted by atomic mass is 35.5. The molecule has 1 aromatic heterocycles. The van der Waals surface area contributed by atoms with Crippen molar-refractivity contribution in [2.75, 3.05) is 5.32 Å². The van der Waals surface area contributed by atoms with Crippen molar-refractivity contribution in [1.82, 2.24) is 9.97 Å². The van der Waals surface area contributed by atoms with Crippen LogP contribution < -0.4 is 5.32 Å². The molecule has 0 aliphatic heterocycles. The fraction of sp³-hybridized carbons (Fsp3) is 0.286. The van der Waals surface area contributed by atoms with Crippen LogP contribution in [0.1, 0.15) is 22.6 Å². The first kappa shape index (κ1) is 15.6. The largest absolute Gasteiger partial charge is 0.451 e. The molecular weight excluding hydrogens is 303 g/mol. The molecule has 0 radical (unpaired) electrons. The average Bonchev–Trinajstić information content (AvgIpc) is 2.41. The molecule has 0 unspecified atom stereocenters. The fourth-order valence-electron chi connectivity index (χ4n) is 1.72. The number of anilines is 1. The van der Waals surface area contributed by atoms with Gasteiger partial charge in [0, 0.05) is 22.8 Å². The zero-order chi connectivity index (χ0) is 15.6. The quantitative estimate of drug-likeness (QED) is 0.913. The lowest BCUT2D eigenvalue weighted by atomic mass is 10.2. The zero-order valence-corrected chi connectivity index (χ0v) is 12.2. The van der Waals surface area contributed by atoms with Gasteiger partial charge in [-0.05, 0) is 31.5 Å². The molecule has 0 aliphatic carbocycles. The molecule has 0 amide bonds. The lowest BCUT2D eigenvalue weighted by molar-refractivity contribution is -0.145. The van der Waals surface area contributed by atoms with Crippen LogP contribution in [0.4, 0.5) is 19.0 Å². The van der Waals surface area contributed by atoms with Crippen LogP contribution in [0.25, 0.3) is 0 Å². The number of aryl methyl sites for hydroxylation is 1. The maximum Gasteiger partial charge on any atom is 0.451 e. The lowest BCUT2D eigenvalue weighted by Crippen LogP contribution is -2.15. The molecule has 0 saturated carbocycles. The molecular formula is C14H13ClF3N3. The third kappa shape index (κ3) is 3.85. The van der Waals surface area contributed by atoms with Crippen molar-refractivity contribution in [2.24, 2.45) is 0 Å². The Balaban J connectivity index is 2.23. The molecule has 0 fully saturated rings. The summed E-state index contributed by atoms with van der Waals surface area (Å²) < 4.78 is 38.2. The Kier molecular flexibility index (Phi) is 4.37. The second kappa shape index (κ2) is 5.89. The number of aromatic nitrogens is 2. The molecule has 1 N–H and O–H groups in total. The SMILES string of the molecule is Cc1nc(C(F)(F)F)nc(NCc2ccc(Cl)cc2)c1C. The second-order valence-electron chi connectivity index (χ2n) is 4.58. The van der Waals surface area contributed by atoms with Crippen molar-refractivity contribution in [2.45, 2.75) is 26.6 Å². The van der Waals surface area contributed by atoms with Crippen molar-refractivity contribution in [3.05, 3.63) is 51.9 Å². The number of benzene rings is 1. The minimum atomic E-state index is -4.56. The van der Waals surface area contributed by atoms with Crippen LogP contribution in [0.2, 0.25) is 5.02 Å². The molecule has 3 nitrogen and oxygen atoms in total. The highest BCUT2D eigenvalue weighted by Crippen LogP contribution is 2.28. The highest BCUT2D eigenvalue weighted by molar-refractivity contribution is 6.30.